The van der Waals surface area contributed by atoms with E-state index < -0.39 is 0 Å². The lowest BCUT2D eigenvalue weighted by Crippen LogP contribution is -2.89. The molecule has 0 bridgehead atoms. The molecule has 0 spiro atoms. The van der Waals surface area contributed by atoms with Crippen molar-refractivity contribution in [3.05, 3.63) is 16.3 Å². The van der Waals surface area contributed by atoms with E-state index in [0.717, 1.165) is 31.3 Å². The highest BCUT2D eigenvalue weighted by atomic mass is 32.1. The summed E-state index contributed by atoms with van der Waals surface area (Å²) in [5.41, 5.74) is 1.95. The van der Waals surface area contributed by atoms with Crippen molar-refractivity contribution in [1.29, 1.82) is 0 Å². The molecule has 1 atom stereocenters. The number of rotatable bonds is 2. The van der Waals surface area contributed by atoms with E-state index in [2.05, 4.69) is 37.9 Å². The van der Waals surface area contributed by atoms with E-state index in [4.69, 9.17) is 9.97 Å². The minimum atomic E-state index is 0.389. The molecule has 1 saturated heterocycles. The van der Waals surface area contributed by atoms with Crippen molar-refractivity contribution in [2.24, 2.45) is 11.3 Å². The number of hydrogen-bond donors (Lipinski definition) is 1. The van der Waals surface area contributed by atoms with E-state index in [1.165, 1.54) is 48.4 Å². The maximum absolute atomic E-state index is 5.00. The highest BCUT2D eigenvalue weighted by molar-refractivity contribution is 7.19. The van der Waals surface area contributed by atoms with Crippen molar-refractivity contribution in [1.82, 2.24) is 9.97 Å². The first-order chi connectivity index (χ1) is 12.0. The SMILES string of the molecule is CCc1nc(N2CC[NH2+]CC2)c2c3c(sc2n1)C[C@H](C(C)(C)C)CC3. The van der Waals surface area contributed by atoms with E-state index in [-0.39, 0.29) is 0 Å². The van der Waals surface area contributed by atoms with Gasteiger partial charge in [-0.1, -0.05) is 27.7 Å². The average molecular weight is 360 g/mol. The van der Waals surface area contributed by atoms with Crippen LogP contribution >= 0.6 is 11.3 Å². The third kappa shape index (κ3) is 3.17. The van der Waals surface area contributed by atoms with Crippen molar-refractivity contribution in [3.63, 3.8) is 0 Å². The van der Waals surface area contributed by atoms with E-state index >= 15 is 0 Å². The predicted molar refractivity (Wildman–Crippen MR) is 106 cm³/mol. The maximum atomic E-state index is 5.00. The number of aromatic nitrogens is 2. The van der Waals surface area contributed by atoms with Crippen LogP contribution in [-0.4, -0.2) is 36.1 Å². The quantitative estimate of drug-likeness (QED) is 0.897. The van der Waals surface area contributed by atoms with Crippen LogP contribution < -0.4 is 10.2 Å². The van der Waals surface area contributed by atoms with Gasteiger partial charge in [0.25, 0.3) is 0 Å². The minimum Gasteiger partial charge on any atom is -0.345 e. The molecule has 1 aliphatic heterocycles. The zero-order chi connectivity index (χ0) is 17.6. The Morgan fingerprint density at radius 3 is 2.64 bits per heavy atom. The Morgan fingerprint density at radius 1 is 1.20 bits per heavy atom. The Labute approximate surface area is 155 Å². The van der Waals surface area contributed by atoms with E-state index in [1.807, 2.05) is 11.3 Å². The van der Waals surface area contributed by atoms with Crippen molar-refractivity contribution in [2.45, 2.75) is 53.4 Å². The zero-order valence-corrected chi connectivity index (χ0v) is 16.9. The van der Waals surface area contributed by atoms with E-state index in [9.17, 15) is 0 Å². The molecule has 2 aromatic rings. The van der Waals surface area contributed by atoms with Crippen LogP contribution in [0.1, 0.15) is 50.4 Å². The van der Waals surface area contributed by atoms with Gasteiger partial charge >= 0.3 is 0 Å². The summed E-state index contributed by atoms with van der Waals surface area (Å²) >= 11 is 1.94. The molecule has 2 aromatic heterocycles. The maximum Gasteiger partial charge on any atom is 0.141 e. The van der Waals surface area contributed by atoms with E-state index in [0.29, 0.717) is 5.41 Å². The van der Waals surface area contributed by atoms with Crippen molar-refractivity contribution in [3.8, 4) is 0 Å². The number of nitrogens with two attached hydrogens (primary N) is 1. The molecule has 2 N–H and O–H groups in total. The first-order valence-corrected chi connectivity index (χ1v) is 10.7. The third-order valence-electron chi connectivity index (χ3n) is 5.98. The highest BCUT2D eigenvalue weighted by Crippen LogP contribution is 2.45. The molecular formula is C20H31N4S+. The smallest absolute Gasteiger partial charge is 0.141 e. The highest BCUT2D eigenvalue weighted by Gasteiger charge is 2.32. The molecule has 1 aliphatic carbocycles. The van der Waals surface area contributed by atoms with Crippen LogP contribution in [0.2, 0.25) is 0 Å². The van der Waals surface area contributed by atoms with Gasteiger partial charge in [0, 0.05) is 11.3 Å². The number of piperazine rings is 1. The molecule has 3 heterocycles. The number of hydrogen-bond acceptors (Lipinski definition) is 4. The summed E-state index contributed by atoms with van der Waals surface area (Å²) < 4.78 is 0. The van der Waals surface area contributed by atoms with Crippen LogP contribution in [-0.2, 0) is 19.3 Å². The standard InChI is InChI=1S/C20H30N4S/c1-5-16-22-18(24-10-8-21-9-11-24)17-14-7-6-13(20(2,3)4)12-15(14)25-19(17)23-16/h13,21H,5-12H2,1-4H3/p+1/t13-/m1/s1. The number of quaternary nitrogens is 1. The molecule has 4 rings (SSSR count). The zero-order valence-electron chi connectivity index (χ0n) is 16.1. The number of fused-ring (bicyclic) bond motifs is 3. The summed E-state index contributed by atoms with van der Waals surface area (Å²) in [6, 6.07) is 0. The molecule has 136 valence electrons. The molecular weight excluding hydrogens is 328 g/mol. The van der Waals surface area contributed by atoms with Crippen LogP contribution in [0, 0.1) is 11.3 Å². The molecule has 4 nitrogen and oxygen atoms in total. The first-order valence-electron chi connectivity index (χ1n) is 9.85. The monoisotopic (exact) mass is 359 g/mol. The molecule has 1 fully saturated rings. The minimum absolute atomic E-state index is 0.389. The summed E-state index contributed by atoms with van der Waals surface area (Å²) in [5, 5.41) is 3.79. The fraction of sp³-hybridized carbons (Fsp3) is 0.700. The van der Waals surface area contributed by atoms with Crippen molar-refractivity contribution in [2.75, 3.05) is 31.1 Å². The summed E-state index contributed by atoms with van der Waals surface area (Å²) in [7, 11) is 0. The fourth-order valence-corrected chi connectivity index (χ4v) is 5.60. The largest absolute Gasteiger partial charge is 0.345 e. The summed E-state index contributed by atoms with van der Waals surface area (Å²) in [5.74, 6) is 3.00. The first kappa shape index (κ1) is 17.2. The van der Waals surface area contributed by atoms with Gasteiger partial charge in [-0.05, 0) is 36.2 Å². The topological polar surface area (TPSA) is 45.6 Å². The van der Waals surface area contributed by atoms with Crippen LogP contribution in [0.25, 0.3) is 10.2 Å². The predicted octanol–water partition coefficient (Wildman–Crippen LogP) is 2.79. The van der Waals surface area contributed by atoms with Crippen LogP contribution in [0.3, 0.4) is 0 Å². The number of nitrogens with zero attached hydrogens (tertiary/aromatic N) is 3. The number of thiophene rings is 1. The Balaban J connectivity index is 1.81. The summed E-state index contributed by atoms with van der Waals surface area (Å²) in [6.07, 6.45) is 4.62. The molecule has 0 aromatic carbocycles. The lowest BCUT2D eigenvalue weighted by Gasteiger charge is -2.34. The van der Waals surface area contributed by atoms with Crippen LogP contribution in [0.5, 0.6) is 0 Å². The molecule has 0 radical (unpaired) electrons. The van der Waals surface area contributed by atoms with Gasteiger partial charge in [-0.15, -0.1) is 11.3 Å². The second kappa shape index (κ2) is 6.51. The Bertz CT molecular complexity index is 768. The van der Waals surface area contributed by atoms with Gasteiger partial charge in [0.2, 0.25) is 0 Å². The van der Waals surface area contributed by atoms with Gasteiger partial charge in [-0.25, -0.2) is 9.97 Å². The molecule has 5 heteroatoms. The second-order valence-electron chi connectivity index (χ2n) is 8.66. The van der Waals surface area contributed by atoms with Gasteiger partial charge in [-0.3, -0.25) is 0 Å². The van der Waals surface area contributed by atoms with Crippen molar-refractivity contribution < 1.29 is 5.32 Å². The van der Waals surface area contributed by atoms with E-state index in [1.54, 1.807) is 10.4 Å². The lowest BCUT2D eigenvalue weighted by atomic mass is 9.72. The average Bonchev–Trinajstić information content (AvgIpc) is 2.98. The Hall–Kier alpha value is -1.20. The third-order valence-corrected chi connectivity index (χ3v) is 7.13. The van der Waals surface area contributed by atoms with Crippen molar-refractivity contribution >= 4 is 27.4 Å². The molecule has 0 saturated carbocycles. The molecule has 25 heavy (non-hydrogen) atoms. The second-order valence-corrected chi connectivity index (χ2v) is 9.74. The normalized spacial score (nSPS) is 21.6. The van der Waals surface area contributed by atoms with Crippen LogP contribution in [0.15, 0.2) is 0 Å². The lowest BCUT2D eigenvalue weighted by molar-refractivity contribution is -0.655. The Morgan fingerprint density at radius 2 is 1.96 bits per heavy atom. The van der Waals surface area contributed by atoms with Crippen LogP contribution in [0.4, 0.5) is 5.82 Å². The van der Waals surface area contributed by atoms with Gasteiger partial charge in [-0.2, -0.15) is 0 Å². The molecule has 2 aliphatic rings. The number of aryl methyl sites for hydroxylation is 2. The van der Waals surface area contributed by atoms with Gasteiger partial charge in [0.15, 0.2) is 0 Å². The summed E-state index contributed by atoms with van der Waals surface area (Å²) in [6.45, 7) is 13.9. The number of anilines is 1. The van der Waals surface area contributed by atoms with Gasteiger partial charge < -0.3 is 10.2 Å². The molecule has 0 unspecified atom stereocenters. The Kier molecular flexibility index (Phi) is 4.49. The summed E-state index contributed by atoms with van der Waals surface area (Å²) in [4.78, 5) is 15.2. The molecule has 0 amide bonds. The van der Waals surface area contributed by atoms with Gasteiger partial charge in [0.05, 0.1) is 31.6 Å². The fourth-order valence-electron chi connectivity index (χ4n) is 4.29. The van der Waals surface area contributed by atoms with Gasteiger partial charge in [0.1, 0.15) is 16.5 Å².